The molecule has 3 aromatic rings. The number of oxazole rings is 1. The molecule has 0 bridgehead atoms. The zero-order valence-corrected chi connectivity index (χ0v) is 18.3. The molecule has 2 N–H and O–H groups in total. The van der Waals surface area contributed by atoms with Gasteiger partial charge in [0, 0.05) is 19.0 Å². The summed E-state index contributed by atoms with van der Waals surface area (Å²) < 4.78 is 29.6. The first-order valence-electron chi connectivity index (χ1n) is 10.6. The summed E-state index contributed by atoms with van der Waals surface area (Å²) in [5.74, 6) is 0.238. The molecule has 0 saturated heterocycles. The highest BCUT2D eigenvalue weighted by Gasteiger charge is 2.46. The van der Waals surface area contributed by atoms with Gasteiger partial charge in [0.2, 0.25) is 0 Å². The van der Waals surface area contributed by atoms with Gasteiger partial charge in [0.05, 0.1) is 19.2 Å². The molecule has 0 aliphatic heterocycles. The molecule has 174 valence electrons. The minimum Gasteiger partial charge on any atom is -0.497 e. The first-order valence-corrected chi connectivity index (χ1v) is 10.6. The van der Waals surface area contributed by atoms with Crippen LogP contribution in [0.3, 0.4) is 0 Å². The van der Waals surface area contributed by atoms with Gasteiger partial charge in [-0.15, -0.1) is 0 Å². The number of carbonyl (C=O) groups is 1. The fourth-order valence-corrected chi connectivity index (χ4v) is 4.22. The third-order valence-corrected chi connectivity index (χ3v) is 5.79. The van der Waals surface area contributed by atoms with E-state index in [0.29, 0.717) is 18.7 Å². The zero-order chi connectivity index (χ0) is 23.4. The van der Waals surface area contributed by atoms with Crippen LogP contribution in [0.1, 0.15) is 22.5 Å². The topological polar surface area (TPSA) is 97.1 Å². The molecule has 2 aromatic carbocycles. The normalized spacial score (nSPS) is 22.3. The largest absolute Gasteiger partial charge is 0.497 e. The molecule has 33 heavy (non-hydrogen) atoms. The second-order valence-corrected chi connectivity index (χ2v) is 8.05. The Morgan fingerprint density at radius 2 is 2.06 bits per heavy atom. The molecule has 1 aromatic heterocycles. The van der Waals surface area contributed by atoms with Gasteiger partial charge in [-0.3, -0.25) is 9.69 Å². The molecule has 1 amide bonds. The van der Waals surface area contributed by atoms with Crippen LogP contribution in [0.25, 0.3) is 0 Å². The van der Waals surface area contributed by atoms with Gasteiger partial charge >= 0.3 is 0 Å². The van der Waals surface area contributed by atoms with Crippen LogP contribution in [-0.4, -0.2) is 59.3 Å². The predicted octanol–water partition coefficient (Wildman–Crippen LogP) is 2.63. The number of aliphatic hydroxyl groups excluding tert-OH is 1. The Balaban J connectivity index is 1.53. The molecule has 0 spiro atoms. The molecule has 8 nitrogen and oxygen atoms in total. The Kier molecular flexibility index (Phi) is 6.90. The molecule has 1 fully saturated rings. The van der Waals surface area contributed by atoms with Gasteiger partial charge in [-0.2, -0.15) is 0 Å². The van der Waals surface area contributed by atoms with E-state index >= 15 is 0 Å². The van der Waals surface area contributed by atoms with Gasteiger partial charge in [-0.25, -0.2) is 9.37 Å². The number of carbonyl (C=O) groups excluding carboxylic acids is 1. The number of hydrogen-bond acceptors (Lipinski definition) is 7. The molecule has 1 aliphatic rings. The molecule has 4 rings (SSSR count). The van der Waals surface area contributed by atoms with Crippen LogP contribution in [0.15, 0.2) is 65.6 Å². The number of amides is 1. The lowest BCUT2D eigenvalue weighted by Gasteiger charge is -2.32. The van der Waals surface area contributed by atoms with Gasteiger partial charge in [0.15, 0.2) is 12.1 Å². The van der Waals surface area contributed by atoms with Crippen molar-refractivity contribution in [1.29, 1.82) is 0 Å². The van der Waals surface area contributed by atoms with Crippen molar-refractivity contribution < 1.29 is 28.2 Å². The van der Waals surface area contributed by atoms with Crippen molar-refractivity contribution in [2.45, 2.75) is 37.3 Å². The van der Waals surface area contributed by atoms with Gasteiger partial charge in [0.1, 0.15) is 35.8 Å². The summed E-state index contributed by atoms with van der Waals surface area (Å²) in [5.41, 5.74) is 1.16. The number of likely N-dealkylation sites (N-methyl/N-ethyl adjacent to an activating group) is 1. The van der Waals surface area contributed by atoms with Gasteiger partial charge in [-0.05, 0) is 36.9 Å². The van der Waals surface area contributed by atoms with E-state index in [-0.39, 0.29) is 5.69 Å². The highest BCUT2D eigenvalue weighted by atomic mass is 19.1. The predicted molar refractivity (Wildman–Crippen MR) is 117 cm³/mol. The maximum atomic E-state index is 13.6. The molecule has 0 unspecified atom stereocenters. The third-order valence-electron chi connectivity index (χ3n) is 5.79. The Morgan fingerprint density at radius 3 is 2.73 bits per heavy atom. The van der Waals surface area contributed by atoms with Crippen molar-refractivity contribution in [3.05, 3.63) is 78.3 Å². The van der Waals surface area contributed by atoms with Crippen LogP contribution in [0.4, 0.5) is 4.39 Å². The summed E-state index contributed by atoms with van der Waals surface area (Å²) in [6.45, 7) is 0.523. The van der Waals surface area contributed by atoms with E-state index < -0.39 is 36.0 Å². The Hall–Kier alpha value is -3.43. The lowest BCUT2D eigenvalue weighted by Crippen LogP contribution is -2.51. The van der Waals surface area contributed by atoms with E-state index in [4.69, 9.17) is 13.9 Å². The van der Waals surface area contributed by atoms with Crippen molar-refractivity contribution in [3.8, 4) is 11.5 Å². The Morgan fingerprint density at radius 1 is 1.27 bits per heavy atom. The molecule has 1 aliphatic carbocycles. The quantitative estimate of drug-likeness (QED) is 0.539. The number of ether oxygens (including phenoxy) is 2. The summed E-state index contributed by atoms with van der Waals surface area (Å²) in [6, 6.07) is 12.5. The number of methoxy groups -OCH3 is 1. The average molecular weight is 455 g/mol. The number of nitrogens with zero attached hydrogens (tertiary/aromatic N) is 2. The van der Waals surface area contributed by atoms with Gasteiger partial charge in [0.25, 0.3) is 5.91 Å². The Bertz CT molecular complexity index is 1060. The first kappa shape index (κ1) is 22.8. The van der Waals surface area contributed by atoms with Gasteiger partial charge < -0.3 is 24.3 Å². The van der Waals surface area contributed by atoms with E-state index in [2.05, 4.69) is 10.3 Å². The maximum absolute atomic E-state index is 13.6. The Labute approximate surface area is 190 Å². The van der Waals surface area contributed by atoms with Gasteiger partial charge in [-0.1, -0.05) is 18.2 Å². The number of aliphatic hydroxyl groups is 1. The number of benzene rings is 2. The molecule has 1 heterocycles. The van der Waals surface area contributed by atoms with Crippen LogP contribution >= 0.6 is 0 Å². The lowest BCUT2D eigenvalue weighted by atomic mass is 10.1. The maximum Gasteiger partial charge on any atom is 0.273 e. The second-order valence-electron chi connectivity index (χ2n) is 8.05. The van der Waals surface area contributed by atoms with Crippen molar-refractivity contribution in [2.75, 3.05) is 14.2 Å². The smallest absolute Gasteiger partial charge is 0.273 e. The van der Waals surface area contributed by atoms with Crippen LogP contribution < -0.4 is 14.8 Å². The van der Waals surface area contributed by atoms with Crippen LogP contribution in [0.2, 0.25) is 0 Å². The van der Waals surface area contributed by atoms with Crippen LogP contribution in [-0.2, 0) is 6.54 Å². The number of hydrogen-bond donors (Lipinski definition) is 2. The van der Waals surface area contributed by atoms with Crippen molar-refractivity contribution >= 4 is 5.91 Å². The molecule has 9 heteroatoms. The zero-order valence-electron chi connectivity index (χ0n) is 18.3. The second kappa shape index (κ2) is 10.0. The van der Waals surface area contributed by atoms with E-state index in [1.807, 2.05) is 36.2 Å². The van der Waals surface area contributed by atoms with Crippen LogP contribution in [0.5, 0.6) is 11.5 Å². The number of rotatable bonds is 8. The van der Waals surface area contributed by atoms with Crippen LogP contribution in [0, 0.1) is 5.82 Å². The monoisotopic (exact) mass is 455 g/mol. The van der Waals surface area contributed by atoms with E-state index in [9.17, 15) is 14.3 Å². The minimum absolute atomic E-state index is 0.149. The summed E-state index contributed by atoms with van der Waals surface area (Å²) in [7, 11) is 3.48. The van der Waals surface area contributed by atoms with Crippen molar-refractivity contribution in [1.82, 2.24) is 15.2 Å². The fourth-order valence-electron chi connectivity index (χ4n) is 4.22. The lowest BCUT2D eigenvalue weighted by molar-refractivity contribution is 0.0124. The number of aromatic nitrogens is 1. The molecule has 0 radical (unpaired) electrons. The molecule has 4 atom stereocenters. The average Bonchev–Trinajstić information content (AvgIpc) is 3.43. The first-order chi connectivity index (χ1) is 15.9. The standard InChI is InChI=1S/C24H26FN3O5/c1-28(12-15-6-8-17(31-2)9-7-15)22-19(27-24(30)20-13-32-14-26-20)11-21(23(22)29)33-18-5-3-4-16(25)10-18/h3-10,13-14,19,21-23,29H,11-12H2,1-2H3,(H,27,30)/t19-,21-,22+,23+/m1/s1. The van der Waals surface area contributed by atoms with E-state index in [0.717, 1.165) is 11.3 Å². The molecule has 1 saturated carbocycles. The van der Waals surface area contributed by atoms with E-state index in [1.54, 1.807) is 19.2 Å². The van der Waals surface area contributed by atoms with Crippen molar-refractivity contribution in [2.24, 2.45) is 0 Å². The highest BCUT2D eigenvalue weighted by Crippen LogP contribution is 2.30. The molecular weight excluding hydrogens is 429 g/mol. The summed E-state index contributed by atoms with van der Waals surface area (Å²) >= 11 is 0. The van der Waals surface area contributed by atoms with Crippen molar-refractivity contribution in [3.63, 3.8) is 0 Å². The fraction of sp³-hybridized carbons (Fsp3) is 0.333. The summed E-state index contributed by atoms with van der Waals surface area (Å²) in [5, 5.41) is 14.1. The summed E-state index contributed by atoms with van der Waals surface area (Å²) in [6.07, 6.45) is 1.20. The molecular formula is C24H26FN3O5. The highest BCUT2D eigenvalue weighted by molar-refractivity contribution is 5.92. The van der Waals surface area contributed by atoms with E-state index in [1.165, 1.54) is 24.8 Å². The SMILES string of the molecule is COc1ccc(CN(C)[C@@H]2[C@@H](O)[C@H](Oc3cccc(F)c3)C[C@H]2NC(=O)c2cocn2)cc1. The minimum atomic E-state index is -0.931. The number of halogens is 1. The third kappa shape index (κ3) is 5.32. The summed E-state index contributed by atoms with van der Waals surface area (Å²) in [4.78, 5) is 18.5. The number of nitrogens with one attached hydrogen (secondary N) is 1.